The quantitative estimate of drug-likeness (QED) is 0.785. The van der Waals surface area contributed by atoms with Crippen LogP contribution in [0.25, 0.3) is 0 Å². The molecular formula is C17H30O3. The van der Waals surface area contributed by atoms with E-state index in [0.29, 0.717) is 0 Å². The van der Waals surface area contributed by atoms with Crippen LogP contribution in [0, 0.1) is 17.8 Å². The van der Waals surface area contributed by atoms with Crippen LogP contribution in [0.3, 0.4) is 0 Å². The Hall–Kier alpha value is -0.120. The summed E-state index contributed by atoms with van der Waals surface area (Å²) in [4.78, 5) is 0. The zero-order chi connectivity index (χ0) is 13.8. The van der Waals surface area contributed by atoms with E-state index in [1.54, 1.807) is 0 Å². The molecule has 0 aromatic rings. The van der Waals surface area contributed by atoms with E-state index in [-0.39, 0.29) is 5.79 Å². The van der Waals surface area contributed by atoms with E-state index in [0.717, 1.165) is 50.4 Å². The second-order valence-electron chi connectivity index (χ2n) is 7.01. The largest absolute Gasteiger partial charge is 0.385 e. The Balaban J connectivity index is 1.41. The molecule has 3 heteroatoms. The van der Waals surface area contributed by atoms with E-state index < -0.39 is 0 Å². The van der Waals surface area contributed by atoms with Crippen LogP contribution in [-0.4, -0.2) is 32.7 Å². The third-order valence-electron chi connectivity index (χ3n) is 5.89. The van der Waals surface area contributed by atoms with Gasteiger partial charge < -0.3 is 14.2 Å². The minimum absolute atomic E-state index is 0.174. The summed E-state index contributed by atoms with van der Waals surface area (Å²) in [5, 5.41) is 0. The van der Waals surface area contributed by atoms with Crippen LogP contribution in [0.1, 0.15) is 57.8 Å². The maximum atomic E-state index is 5.84. The first-order chi connectivity index (χ1) is 9.81. The Labute approximate surface area is 123 Å². The lowest BCUT2D eigenvalue weighted by Crippen LogP contribution is -2.37. The number of methoxy groups -OCH3 is 1. The molecule has 0 bridgehead atoms. The molecule has 3 rings (SSSR count). The molecule has 1 heterocycles. The molecule has 0 N–H and O–H groups in total. The van der Waals surface area contributed by atoms with E-state index in [1.165, 1.54) is 44.9 Å². The van der Waals surface area contributed by atoms with Crippen LogP contribution in [-0.2, 0) is 14.2 Å². The molecule has 3 fully saturated rings. The maximum absolute atomic E-state index is 5.84. The van der Waals surface area contributed by atoms with Crippen molar-refractivity contribution in [2.75, 3.05) is 26.9 Å². The van der Waals surface area contributed by atoms with E-state index in [4.69, 9.17) is 14.2 Å². The van der Waals surface area contributed by atoms with Crippen molar-refractivity contribution in [1.29, 1.82) is 0 Å². The van der Waals surface area contributed by atoms with E-state index in [1.807, 2.05) is 7.11 Å². The number of rotatable bonds is 4. The number of hydrogen-bond acceptors (Lipinski definition) is 3. The molecule has 2 aliphatic carbocycles. The van der Waals surface area contributed by atoms with Gasteiger partial charge in [0.25, 0.3) is 0 Å². The standard InChI is InChI=1S/C17H30O3/c1-18-11-8-14-2-4-15(5-3-14)16-6-9-17(10-7-16)19-12-13-20-17/h14-16H,2-13H2,1H3. The fourth-order valence-electron chi connectivity index (χ4n) is 4.57. The van der Waals surface area contributed by atoms with Gasteiger partial charge in [0.2, 0.25) is 0 Å². The Morgan fingerprint density at radius 3 is 2.10 bits per heavy atom. The Kier molecular flexibility index (Phi) is 5.00. The fourth-order valence-corrected chi connectivity index (χ4v) is 4.57. The Morgan fingerprint density at radius 1 is 0.900 bits per heavy atom. The topological polar surface area (TPSA) is 27.7 Å². The first-order valence-electron chi connectivity index (χ1n) is 8.58. The van der Waals surface area contributed by atoms with Gasteiger partial charge in [-0.3, -0.25) is 0 Å². The van der Waals surface area contributed by atoms with Gasteiger partial charge in [0.15, 0.2) is 5.79 Å². The van der Waals surface area contributed by atoms with Crippen molar-refractivity contribution in [3.05, 3.63) is 0 Å². The lowest BCUT2D eigenvalue weighted by molar-refractivity contribution is -0.185. The van der Waals surface area contributed by atoms with Gasteiger partial charge in [-0.25, -0.2) is 0 Å². The molecule has 0 amide bonds. The second-order valence-corrected chi connectivity index (χ2v) is 7.01. The fraction of sp³-hybridized carbons (Fsp3) is 1.00. The minimum Gasteiger partial charge on any atom is -0.385 e. The lowest BCUT2D eigenvalue weighted by Gasteiger charge is -2.40. The molecule has 1 saturated heterocycles. The molecule has 116 valence electrons. The highest BCUT2D eigenvalue weighted by Crippen LogP contribution is 2.45. The van der Waals surface area contributed by atoms with Crippen molar-refractivity contribution >= 4 is 0 Å². The highest BCUT2D eigenvalue weighted by Gasteiger charge is 2.42. The van der Waals surface area contributed by atoms with Gasteiger partial charge in [-0.2, -0.15) is 0 Å². The molecule has 20 heavy (non-hydrogen) atoms. The van der Waals surface area contributed by atoms with Crippen molar-refractivity contribution < 1.29 is 14.2 Å². The Morgan fingerprint density at radius 2 is 1.50 bits per heavy atom. The summed E-state index contributed by atoms with van der Waals surface area (Å²) < 4.78 is 16.9. The Bertz CT molecular complexity index is 281. The summed E-state index contributed by atoms with van der Waals surface area (Å²) in [5.74, 6) is 2.64. The first kappa shape index (κ1) is 14.8. The summed E-state index contributed by atoms with van der Waals surface area (Å²) in [6.45, 7) is 2.54. The lowest BCUT2D eigenvalue weighted by atomic mass is 9.69. The van der Waals surface area contributed by atoms with Gasteiger partial charge in [-0.1, -0.05) is 12.8 Å². The summed E-state index contributed by atoms with van der Waals surface area (Å²) in [6, 6.07) is 0. The molecule has 3 nitrogen and oxygen atoms in total. The molecule has 3 aliphatic rings. The molecule has 0 unspecified atom stereocenters. The van der Waals surface area contributed by atoms with Crippen LogP contribution < -0.4 is 0 Å². The summed E-state index contributed by atoms with van der Waals surface area (Å²) in [6.07, 6.45) is 11.9. The average Bonchev–Trinajstić information content (AvgIpc) is 2.95. The summed E-state index contributed by atoms with van der Waals surface area (Å²) >= 11 is 0. The van der Waals surface area contributed by atoms with Crippen molar-refractivity contribution in [2.45, 2.75) is 63.6 Å². The average molecular weight is 282 g/mol. The molecule has 1 aliphatic heterocycles. The molecule has 0 radical (unpaired) electrons. The molecule has 0 atom stereocenters. The van der Waals surface area contributed by atoms with Crippen LogP contribution in [0.5, 0.6) is 0 Å². The van der Waals surface area contributed by atoms with Crippen molar-refractivity contribution in [3.63, 3.8) is 0 Å². The molecule has 0 aromatic heterocycles. The third kappa shape index (κ3) is 3.37. The smallest absolute Gasteiger partial charge is 0.168 e. The SMILES string of the molecule is COCCC1CCC(C2CCC3(CC2)OCCO3)CC1. The first-order valence-corrected chi connectivity index (χ1v) is 8.58. The monoisotopic (exact) mass is 282 g/mol. The molecule has 2 saturated carbocycles. The van der Waals surface area contributed by atoms with Gasteiger partial charge in [-0.05, 0) is 49.9 Å². The zero-order valence-electron chi connectivity index (χ0n) is 12.9. The van der Waals surface area contributed by atoms with Crippen LogP contribution >= 0.6 is 0 Å². The van der Waals surface area contributed by atoms with Crippen LogP contribution in [0.2, 0.25) is 0 Å². The van der Waals surface area contributed by atoms with Crippen LogP contribution in [0.15, 0.2) is 0 Å². The molecule has 0 aromatic carbocycles. The number of ether oxygens (including phenoxy) is 3. The van der Waals surface area contributed by atoms with E-state index >= 15 is 0 Å². The third-order valence-corrected chi connectivity index (χ3v) is 5.89. The molecule has 1 spiro atoms. The minimum atomic E-state index is -0.174. The molecular weight excluding hydrogens is 252 g/mol. The predicted molar refractivity (Wildman–Crippen MR) is 78.5 cm³/mol. The second kappa shape index (κ2) is 6.76. The van der Waals surface area contributed by atoms with Gasteiger partial charge in [0, 0.05) is 26.6 Å². The van der Waals surface area contributed by atoms with Gasteiger partial charge in [0.05, 0.1) is 13.2 Å². The van der Waals surface area contributed by atoms with E-state index in [9.17, 15) is 0 Å². The van der Waals surface area contributed by atoms with Crippen molar-refractivity contribution in [3.8, 4) is 0 Å². The van der Waals surface area contributed by atoms with Crippen LogP contribution in [0.4, 0.5) is 0 Å². The van der Waals surface area contributed by atoms with Gasteiger partial charge in [0.1, 0.15) is 0 Å². The highest BCUT2D eigenvalue weighted by molar-refractivity contribution is 4.87. The normalized spacial score (nSPS) is 34.6. The summed E-state index contributed by atoms with van der Waals surface area (Å²) in [5.41, 5.74) is 0. The summed E-state index contributed by atoms with van der Waals surface area (Å²) in [7, 11) is 1.82. The predicted octanol–water partition coefficient (Wildman–Crippen LogP) is 3.76. The zero-order valence-corrected chi connectivity index (χ0v) is 12.9. The van der Waals surface area contributed by atoms with E-state index in [2.05, 4.69) is 0 Å². The maximum Gasteiger partial charge on any atom is 0.168 e. The van der Waals surface area contributed by atoms with Crippen molar-refractivity contribution in [2.24, 2.45) is 17.8 Å². The van der Waals surface area contributed by atoms with Gasteiger partial charge >= 0.3 is 0 Å². The number of hydrogen-bond donors (Lipinski definition) is 0. The van der Waals surface area contributed by atoms with Gasteiger partial charge in [-0.15, -0.1) is 0 Å². The van der Waals surface area contributed by atoms with Crippen molar-refractivity contribution in [1.82, 2.24) is 0 Å². The highest BCUT2D eigenvalue weighted by atomic mass is 16.7.